The van der Waals surface area contributed by atoms with Crippen LogP contribution in [0.3, 0.4) is 0 Å². The molecule has 3 aliphatic rings. The summed E-state index contributed by atoms with van der Waals surface area (Å²) in [4.78, 5) is 12.3. The molecule has 21 heavy (non-hydrogen) atoms. The van der Waals surface area contributed by atoms with Crippen LogP contribution in [0, 0.1) is 29.6 Å². The molecule has 0 aliphatic heterocycles. The molecular formula is C18H30O3. The van der Waals surface area contributed by atoms with Gasteiger partial charge in [0.25, 0.3) is 0 Å². The fourth-order valence-corrected chi connectivity index (χ4v) is 4.99. The molecule has 3 nitrogen and oxygen atoms in total. The van der Waals surface area contributed by atoms with Crippen LogP contribution < -0.4 is 0 Å². The SMILES string of the molecule is CCC1CC(CC)C(C(=O)OCOC2CC3CCC2C3)C1. The zero-order chi connectivity index (χ0) is 14.8. The molecule has 0 spiro atoms. The minimum atomic E-state index is -0.0130. The van der Waals surface area contributed by atoms with E-state index < -0.39 is 0 Å². The summed E-state index contributed by atoms with van der Waals surface area (Å²) >= 11 is 0. The van der Waals surface area contributed by atoms with Gasteiger partial charge in [0.2, 0.25) is 0 Å². The average Bonchev–Trinajstić information content (AvgIpc) is 3.21. The molecule has 3 rings (SSSR count). The van der Waals surface area contributed by atoms with Gasteiger partial charge < -0.3 is 9.47 Å². The summed E-state index contributed by atoms with van der Waals surface area (Å²) in [5, 5.41) is 0. The topological polar surface area (TPSA) is 35.5 Å². The van der Waals surface area contributed by atoms with E-state index in [0.717, 1.165) is 24.7 Å². The molecule has 6 atom stereocenters. The number of rotatable bonds is 6. The maximum Gasteiger partial charge on any atom is 0.311 e. The van der Waals surface area contributed by atoms with E-state index in [1.807, 2.05) is 0 Å². The van der Waals surface area contributed by atoms with Gasteiger partial charge in [0.15, 0.2) is 6.79 Å². The molecule has 3 saturated carbocycles. The van der Waals surface area contributed by atoms with Crippen molar-refractivity contribution >= 4 is 5.97 Å². The number of hydrogen-bond acceptors (Lipinski definition) is 3. The van der Waals surface area contributed by atoms with E-state index in [1.165, 1.54) is 38.5 Å². The molecule has 0 radical (unpaired) electrons. The molecule has 0 aromatic heterocycles. The number of ether oxygens (including phenoxy) is 2. The van der Waals surface area contributed by atoms with E-state index in [-0.39, 0.29) is 18.7 Å². The maximum absolute atomic E-state index is 12.3. The van der Waals surface area contributed by atoms with Crippen molar-refractivity contribution in [2.75, 3.05) is 6.79 Å². The van der Waals surface area contributed by atoms with Crippen LogP contribution in [0.4, 0.5) is 0 Å². The van der Waals surface area contributed by atoms with Gasteiger partial charge >= 0.3 is 5.97 Å². The summed E-state index contributed by atoms with van der Waals surface area (Å²) in [5.41, 5.74) is 0. The monoisotopic (exact) mass is 294 g/mol. The van der Waals surface area contributed by atoms with E-state index in [2.05, 4.69) is 13.8 Å². The van der Waals surface area contributed by atoms with Gasteiger partial charge in [-0.3, -0.25) is 4.79 Å². The van der Waals surface area contributed by atoms with Gasteiger partial charge in [-0.15, -0.1) is 0 Å². The molecule has 0 aromatic carbocycles. The Kier molecular flexibility index (Phi) is 4.88. The van der Waals surface area contributed by atoms with Crippen molar-refractivity contribution in [2.24, 2.45) is 29.6 Å². The van der Waals surface area contributed by atoms with Gasteiger partial charge in [0, 0.05) is 0 Å². The van der Waals surface area contributed by atoms with Crippen LogP contribution in [-0.2, 0) is 14.3 Å². The molecule has 2 bridgehead atoms. The molecule has 0 amide bonds. The van der Waals surface area contributed by atoms with Gasteiger partial charge in [-0.1, -0.05) is 26.7 Å². The lowest BCUT2D eigenvalue weighted by atomic mass is 9.94. The Hall–Kier alpha value is -0.570. The van der Waals surface area contributed by atoms with Crippen molar-refractivity contribution in [2.45, 2.75) is 71.3 Å². The lowest BCUT2D eigenvalue weighted by Crippen LogP contribution is -2.26. The lowest BCUT2D eigenvalue weighted by Gasteiger charge is -2.22. The summed E-state index contributed by atoms with van der Waals surface area (Å²) in [6, 6.07) is 0. The average molecular weight is 294 g/mol. The van der Waals surface area contributed by atoms with Gasteiger partial charge in [0.05, 0.1) is 12.0 Å². The minimum absolute atomic E-state index is 0.0130. The number of esters is 1. The van der Waals surface area contributed by atoms with Gasteiger partial charge in [0.1, 0.15) is 0 Å². The molecule has 3 heteroatoms. The predicted octanol–water partition coefficient (Wildman–Crippen LogP) is 4.15. The first-order chi connectivity index (χ1) is 10.2. The number of carbonyl (C=O) groups is 1. The van der Waals surface area contributed by atoms with Crippen LogP contribution in [0.25, 0.3) is 0 Å². The van der Waals surface area contributed by atoms with E-state index in [1.54, 1.807) is 0 Å². The lowest BCUT2D eigenvalue weighted by molar-refractivity contribution is -0.169. The quantitative estimate of drug-likeness (QED) is 0.545. The summed E-state index contributed by atoms with van der Waals surface area (Å²) in [6.07, 6.45) is 10.0. The third kappa shape index (κ3) is 3.28. The van der Waals surface area contributed by atoms with E-state index in [9.17, 15) is 4.79 Å². The maximum atomic E-state index is 12.3. The van der Waals surface area contributed by atoms with Gasteiger partial charge in [-0.2, -0.15) is 0 Å². The fourth-order valence-electron chi connectivity index (χ4n) is 4.99. The summed E-state index contributed by atoms with van der Waals surface area (Å²) in [6.45, 7) is 4.59. The summed E-state index contributed by atoms with van der Waals surface area (Å²) in [5.74, 6) is 2.93. The molecule has 0 N–H and O–H groups in total. The Bertz CT molecular complexity index is 367. The number of carbonyl (C=O) groups excluding carboxylic acids is 1. The molecule has 3 fully saturated rings. The molecule has 6 unspecified atom stereocenters. The third-order valence-electron chi connectivity index (χ3n) is 6.35. The standard InChI is InChI=1S/C18H30O3/c1-3-12-7-14(4-2)16(9-12)18(19)21-11-20-17-10-13-5-6-15(17)8-13/h12-17H,3-11H2,1-2H3. The summed E-state index contributed by atoms with van der Waals surface area (Å²) in [7, 11) is 0. The zero-order valence-corrected chi connectivity index (χ0v) is 13.6. The molecule has 3 aliphatic carbocycles. The second kappa shape index (κ2) is 6.68. The van der Waals surface area contributed by atoms with E-state index >= 15 is 0 Å². The second-order valence-electron chi connectivity index (χ2n) is 7.48. The summed E-state index contributed by atoms with van der Waals surface area (Å²) < 4.78 is 11.3. The predicted molar refractivity (Wildman–Crippen MR) is 81.6 cm³/mol. The largest absolute Gasteiger partial charge is 0.438 e. The highest BCUT2D eigenvalue weighted by molar-refractivity contribution is 5.73. The van der Waals surface area contributed by atoms with Crippen molar-refractivity contribution in [3.05, 3.63) is 0 Å². The highest BCUT2D eigenvalue weighted by Gasteiger charge is 2.41. The van der Waals surface area contributed by atoms with Crippen LogP contribution in [0.1, 0.15) is 65.2 Å². The van der Waals surface area contributed by atoms with Crippen molar-refractivity contribution in [3.8, 4) is 0 Å². The van der Waals surface area contributed by atoms with Crippen LogP contribution in [0.2, 0.25) is 0 Å². The first kappa shape index (κ1) is 15.3. The molecule has 120 valence electrons. The molecular weight excluding hydrogens is 264 g/mol. The van der Waals surface area contributed by atoms with Crippen LogP contribution >= 0.6 is 0 Å². The first-order valence-electron chi connectivity index (χ1n) is 8.99. The van der Waals surface area contributed by atoms with Gasteiger partial charge in [-0.05, 0) is 62.2 Å². The Morgan fingerprint density at radius 3 is 2.52 bits per heavy atom. The Morgan fingerprint density at radius 2 is 1.90 bits per heavy atom. The zero-order valence-electron chi connectivity index (χ0n) is 13.6. The van der Waals surface area contributed by atoms with Crippen LogP contribution in [-0.4, -0.2) is 18.9 Å². The van der Waals surface area contributed by atoms with Crippen LogP contribution in [0.5, 0.6) is 0 Å². The first-order valence-corrected chi connectivity index (χ1v) is 8.99. The molecule has 0 aromatic rings. The fraction of sp³-hybridized carbons (Fsp3) is 0.944. The number of fused-ring (bicyclic) bond motifs is 2. The highest BCUT2D eigenvalue weighted by atomic mass is 16.7. The Balaban J connectivity index is 1.41. The smallest absolute Gasteiger partial charge is 0.311 e. The number of hydrogen-bond donors (Lipinski definition) is 0. The van der Waals surface area contributed by atoms with Gasteiger partial charge in [-0.25, -0.2) is 0 Å². The highest BCUT2D eigenvalue weighted by Crippen LogP contribution is 2.46. The molecule has 0 heterocycles. The third-order valence-corrected chi connectivity index (χ3v) is 6.35. The normalized spacial score (nSPS) is 41.6. The molecule has 0 saturated heterocycles. The van der Waals surface area contributed by atoms with Crippen molar-refractivity contribution in [1.82, 2.24) is 0 Å². The van der Waals surface area contributed by atoms with Crippen molar-refractivity contribution in [3.63, 3.8) is 0 Å². The Labute approximate surface area is 128 Å². The second-order valence-corrected chi connectivity index (χ2v) is 7.48. The van der Waals surface area contributed by atoms with Crippen molar-refractivity contribution < 1.29 is 14.3 Å². The van der Waals surface area contributed by atoms with Crippen LogP contribution in [0.15, 0.2) is 0 Å². The minimum Gasteiger partial charge on any atom is -0.438 e. The Morgan fingerprint density at radius 1 is 1.05 bits per heavy atom. The van der Waals surface area contributed by atoms with E-state index in [0.29, 0.717) is 17.9 Å². The van der Waals surface area contributed by atoms with Crippen molar-refractivity contribution in [1.29, 1.82) is 0 Å². The van der Waals surface area contributed by atoms with E-state index in [4.69, 9.17) is 9.47 Å².